The third-order valence-corrected chi connectivity index (χ3v) is 5.90. The summed E-state index contributed by atoms with van der Waals surface area (Å²) in [6, 6.07) is 12.2. The summed E-state index contributed by atoms with van der Waals surface area (Å²) in [5.41, 5.74) is 3.61. The van der Waals surface area contributed by atoms with Crippen molar-refractivity contribution in [3.8, 4) is 16.9 Å². The fraction of sp³-hybridized carbons (Fsp3) is 0.320. The van der Waals surface area contributed by atoms with Crippen LogP contribution in [0.15, 0.2) is 53.5 Å². The number of sulfonamides is 1. The third kappa shape index (κ3) is 6.22. The first-order chi connectivity index (χ1) is 15.4. The molecule has 2 aromatic carbocycles. The molecule has 0 atom stereocenters. The van der Waals surface area contributed by atoms with Gasteiger partial charge >= 0.3 is 0 Å². The van der Waals surface area contributed by atoms with Crippen molar-refractivity contribution in [1.29, 1.82) is 0 Å². The van der Waals surface area contributed by atoms with Crippen LogP contribution < -0.4 is 15.0 Å². The second kappa shape index (κ2) is 9.39. The zero-order chi connectivity index (χ0) is 24.4. The summed E-state index contributed by atoms with van der Waals surface area (Å²) in [5, 5.41) is 0. The molecule has 0 saturated carbocycles. The van der Waals surface area contributed by atoms with Gasteiger partial charge in [0.1, 0.15) is 11.6 Å². The van der Waals surface area contributed by atoms with Crippen LogP contribution in [0, 0.1) is 5.82 Å². The van der Waals surface area contributed by atoms with Crippen LogP contribution in [0.4, 0.5) is 10.1 Å². The molecule has 3 rings (SSSR count). The minimum absolute atomic E-state index is 0.264. The maximum absolute atomic E-state index is 13.9. The van der Waals surface area contributed by atoms with Crippen molar-refractivity contribution in [1.82, 2.24) is 4.98 Å². The van der Waals surface area contributed by atoms with E-state index in [-0.39, 0.29) is 16.5 Å². The number of aromatic amines is 1. The number of halogens is 1. The number of benzene rings is 2. The minimum Gasteiger partial charge on any atom is -0.496 e. The van der Waals surface area contributed by atoms with Gasteiger partial charge in [-0.2, -0.15) is 0 Å². The van der Waals surface area contributed by atoms with Gasteiger partial charge in [0.05, 0.1) is 13.4 Å². The van der Waals surface area contributed by atoms with E-state index in [0.717, 1.165) is 34.9 Å². The van der Waals surface area contributed by atoms with Gasteiger partial charge in [0, 0.05) is 23.0 Å². The van der Waals surface area contributed by atoms with Gasteiger partial charge in [-0.15, -0.1) is 0 Å². The lowest BCUT2D eigenvalue weighted by atomic mass is 9.82. The molecule has 176 valence electrons. The Kier molecular flexibility index (Phi) is 6.97. The average Bonchev–Trinajstić information content (AvgIpc) is 2.72. The molecule has 1 heterocycles. The normalized spacial score (nSPS) is 11.9. The number of pyridine rings is 1. The van der Waals surface area contributed by atoms with Crippen LogP contribution in [-0.4, -0.2) is 26.8 Å². The SMILES string of the molecule is COc1c(CCc2ccc(NS(C)(=O)=O)cc2)cc(-c2cc(F)c[nH]c2=O)cc1C(C)(C)C. The van der Waals surface area contributed by atoms with Crippen LogP contribution in [0.5, 0.6) is 5.75 Å². The van der Waals surface area contributed by atoms with E-state index in [0.29, 0.717) is 24.1 Å². The lowest BCUT2D eigenvalue weighted by Crippen LogP contribution is -2.16. The van der Waals surface area contributed by atoms with Gasteiger partial charge in [0.15, 0.2) is 0 Å². The van der Waals surface area contributed by atoms with E-state index in [9.17, 15) is 17.6 Å². The number of hydrogen-bond acceptors (Lipinski definition) is 4. The highest BCUT2D eigenvalue weighted by Gasteiger charge is 2.23. The molecule has 0 aliphatic heterocycles. The van der Waals surface area contributed by atoms with Gasteiger partial charge in [0.2, 0.25) is 10.0 Å². The molecule has 6 nitrogen and oxygen atoms in total. The minimum atomic E-state index is -3.33. The number of methoxy groups -OCH3 is 1. The Bertz CT molecular complexity index is 1310. The van der Waals surface area contributed by atoms with Crippen molar-refractivity contribution in [2.24, 2.45) is 0 Å². The molecule has 0 amide bonds. The second-order valence-electron chi connectivity index (χ2n) is 9.10. The molecule has 0 radical (unpaired) electrons. The van der Waals surface area contributed by atoms with Crippen LogP contribution in [0.3, 0.4) is 0 Å². The van der Waals surface area contributed by atoms with Crippen LogP contribution in [0.2, 0.25) is 0 Å². The highest BCUT2D eigenvalue weighted by atomic mass is 32.2. The lowest BCUT2D eigenvalue weighted by Gasteiger charge is -2.25. The zero-order valence-electron chi connectivity index (χ0n) is 19.5. The summed E-state index contributed by atoms with van der Waals surface area (Å²) in [6.07, 6.45) is 3.44. The monoisotopic (exact) mass is 472 g/mol. The first-order valence-electron chi connectivity index (χ1n) is 10.5. The Hall–Kier alpha value is -3.13. The first kappa shape index (κ1) is 24.5. The maximum Gasteiger partial charge on any atom is 0.256 e. The van der Waals surface area contributed by atoms with Gasteiger partial charge in [-0.05, 0) is 65.3 Å². The van der Waals surface area contributed by atoms with E-state index < -0.39 is 15.8 Å². The smallest absolute Gasteiger partial charge is 0.256 e. The van der Waals surface area contributed by atoms with Gasteiger partial charge in [-0.3, -0.25) is 9.52 Å². The number of aryl methyl sites for hydroxylation is 2. The van der Waals surface area contributed by atoms with E-state index in [1.54, 1.807) is 19.2 Å². The Balaban J connectivity index is 2.00. The number of aromatic nitrogens is 1. The van der Waals surface area contributed by atoms with E-state index in [4.69, 9.17) is 4.74 Å². The number of hydrogen-bond donors (Lipinski definition) is 2. The molecule has 0 saturated heterocycles. The summed E-state index contributed by atoms with van der Waals surface area (Å²) in [6.45, 7) is 6.17. The van der Waals surface area contributed by atoms with E-state index in [2.05, 4.69) is 30.5 Å². The van der Waals surface area contributed by atoms with Crippen molar-refractivity contribution in [3.05, 3.63) is 81.5 Å². The van der Waals surface area contributed by atoms with Crippen LogP contribution in [0.25, 0.3) is 11.1 Å². The van der Waals surface area contributed by atoms with Gasteiger partial charge in [-0.1, -0.05) is 32.9 Å². The number of anilines is 1. The topological polar surface area (TPSA) is 88.3 Å². The molecule has 3 aromatic rings. The Labute approximate surface area is 193 Å². The molecule has 0 aliphatic carbocycles. The quantitative estimate of drug-likeness (QED) is 0.524. The molecule has 33 heavy (non-hydrogen) atoms. The molecule has 1 aromatic heterocycles. The zero-order valence-corrected chi connectivity index (χ0v) is 20.3. The summed E-state index contributed by atoms with van der Waals surface area (Å²) in [4.78, 5) is 14.8. The number of rotatable bonds is 7. The second-order valence-corrected chi connectivity index (χ2v) is 10.8. The number of nitrogens with one attached hydrogen (secondary N) is 2. The van der Waals surface area contributed by atoms with Crippen molar-refractivity contribution >= 4 is 15.7 Å². The Morgan fingerprint density at radius 2 is 1.73 bits per heavy atom. The molecular formula is C25H29FN2O4S. The predicted octanol–water partition coefficient (Wildman–Crippen LogP) is 4.64. The van der Waals surface area contributed by atoms with Crippen LogP contribution in [0.1, 0.15) is 37.5 Å². The largest absolute Gasteiger partial charge is 0.496 e. The summed E-state index contributed by atoms with van der Waals surface area (Å²) in [5.74, 6) is 0.233. The van der Waals surface area contributed by atoms with E-state index in [1.807, 2.05) is 24.3 Å². The van der Waals surface area contributed by atoms with E-state index >= 15 is 0 Å². The molecule has 2 N–H and O–H groups in total. The maximum atomic E-state index is 13.9. The summed E-state index contributed by atoms with van der Waals surface area (Å²) < 4.78 is 44.9. The Morgan fingerprint density at radius 1 is 1.06 bits per heavy atom. The molecule has 0 fully saturated rings. The predicted molar refractivity (Wildman–Crippen MR) is 130 cm³/mol. The summed E-state index contributed by atoms with van der Waals surface area (Å²) >= 11 is 0. The summed E-state index contributed by atoms with van der Waals surface area (Å²) in [7, 11) is -1.71. The first-order valence-corrected chi connectivity index (χ1v) is 12.4. The molecular weight excluding hydrogens is 443 g/mol. The highest BCUT2D eigenvalue weighted by Crippen LogP contribution is 2.38. The molecule has 0 aliphatic rings. The Morgan fingerprint density at radius 3 is 2.30 bits per heavy atom. The van der Waals surface area contributed by atoms with Crippen molar-refractivity contribution in [2.45, 2.75) is 39.0 Å². The standard InChI is InChI=1S/C25H29FN2O4S/c1-25(2,3)22-13-18(21-14-19(26)15-27-24(21)29)12-17(23(22)32-4)9-6-16-7-10-20(11-8-16)28-33(5,30)31/h7-8,10-15,28H,6,9H2,1-5H3,(H,27,29). The number of H-pyrrole nitrogens is 1. The van der Waals surface area contributed by atoms with Crippen molar-refractivity contribution < 1.29 is 17.5 Å². The average molecular weight is 473 g/mol. The van der Waals surface area contributed by atoms with E-state index in [1.165, 1.54) is 6.07 Å². The van der Waals surface area contributed by atoms with Crippen LogP contribution >= 0.6 is 0 Å². The highest BCUT2D eigenvalue weighted by molar-refractivity contribution is 7.92. The molecule has 8 heteroatoms. The fourth-order valence-corrected chi connectivity index (χ4v) is 4.30. The van der Waals surface area contributed by atoms with Crippen LogP contribution in [-0.2, 0) is 28.3 Å². The van der Waals surface area contributed by atoms with Crippen molar-refractivity contribution in [2.75, 3.05) is 18.1 Å². The fourth-order valence-electron chi connectivity index (χ4n) is 3.73. The van der Waals surface area contributed by atoms with Gasteiger partial charge in [0.25, 0.3) is 5.56 Å². The molecule has 0 spiro atoms. The third-order valence-electron chi connectivity index (χ3n) is 5.30. The van der Waals surface area contributed by atoms with Gasteiger partial charge in [-0.25, -0.2) is 12.8 Å². The number of ether oxygens (including phenoxy) is 1. The van der Waals surface area contributed by atoms with Gasteiger partial charge < -0.3 is 9.72 Å². The lowest BCUT2D eigenvalue weighted by molar-refractivity contribution is 0.392. The molecule has 0 unspecified atom stereocenters. The molecule has 0 bridgehead atoms. The van der Waals surface area contributed by atoms with Crippen molar-refractivity contribution in [3.63, 3.8) is 0 Å².